The lowest BCUT2D eigenvalue weighted by Gasteiger charge is -2.41. The summed E-state index contributed by atoms with van der Waals surface area (Å²) in [7, 11) is 0. The molecule has 1 atom stereocenters. The zero-order valence-electron chi connectivity index (χ0n) is 23.2. The molecular formula is C32H36N6O2. The van der Waals surface area contributed by atoms with Crippen molar-refractivity contribution >= 4 is 28.2 Å². The smallest absolute Gasteiger partial charge is 0.318 e. The Kier molecular flexibility index (Phi) is 7.29. The largest absolute Gasteiger partial charge is 0.463 e. The quantitative estimate of drug-likeness (QED) is 0.304. The summed E-state index contributed by atoms with van der Waals surface area (Å²) < 4.78 is 6.14. The van der Waals surface area contributed by atoms with Crippen LogP contribution in [-0.4, -0.2) is 66.1 Å². The second-order valence-corrected chi connectivity index (χ2v) is 11.1. The number of carbonyl (C=O) groups excluding carboxylic acids is 1. The molecule has 3 aliphatic rings. The first-order valence-electron chi connectivity index (χ1n) is 14.3. The Balaban J connectivity index is 1.33. The van der Waals surface area contributed by atoms with Gasteiger partial charge < -0.3 is 24.3 Å². The molecule has 1 saturated carbocycles. The van der Waals surface area contributed by atoms with Crippen LogP contribution in [0.3, 0.4) is 0 Å². The van der Waals surface area contributed by atoms with Gasteiger partial charge in [-0.05, 0) is 48.8 Å². The van der Waals surface area contributed by atoms with Crippen molar-refractivity contribution in [2.75, 3.05) is 49.1 Å². The van der Waals surface area contributed by atoms with Gasteiger partial charge in [-0.1, -0.05) is 49.8 Å². The van der Waals surface area contributed by atoms with Crippen molar-refractivity contribution in [2.45, 2.75) is 45.2 Å². The minimum absolute atomic E-state index is 0.122. The standard InChI is InChI=1S/C32H36N6O2/c1-4-29(39)38-17-16-37(20-25(38)19-33-3)31-26-13-15-36(28-10-6-9-24-8-5-7-22(2)30(24)28)21-27(26)34-32(35-31)40-18-14-23-11-12-23/h4-10,23,25H,1,11-21H2,2H3/t25-/m0/s1. The fourth-order valence-electron chi connectivity index (χ4n) is 6.13. The van der Waals surface area contributed by atoms with Crippen LogP contribution in [0.2, 0.25) is 0 Å². The molecule has 1 aromatic heterocycles. The predicted octanol–water partition coefficient (Wildman–Crippen LogP) is 4.80. The average Bonchev–Trinajstić information content (AvgIpc) is 3.80. The lowest BCUT2D eigenvalue weighted by atomic mass is 9.99. The Morgan fingerprint density at radius 2 is 1.98 bits per heavy atom. The highest BCUT2D eigenvalue weighted by Gasteiger charge is 2.35. The molecule has 2 fully saturated rings. The number of nitrogens with zero attached hydrogens (tertiary/aromatic N) is 6. The van der Waals surface area contributed by atoms with Gasteiger partial charge in [0.1, 0.15) is 11.9 Å². The van der Waals surface area contributed by atoms with E-state index < -0.39 is 0 Å². The molecule has 0 spiro atoms. The highest BCUT2D eigenvalue weighted by molar-refractivity contribution is 5.97. The van der Waals surface area contributed by atoms with Crippen molar-refractivity contribution in [3.05, 3.63) is 77.3 Å². The Bertz CT molecular complexity index is 1470. The molecule has 1 amide bonds. The molecule has 2 aliphatic heterocycles. The second-order valence-electron chi connectivity index (χ2n) is 11.1. The Morgan fingerprint density at radius 1 is 1.15 bits per heavy atom. The number of carbonyl (C=O) groups is 1. The fraction of sp³-hybridized carbons (Fsp3) is 0.438. The monoisotopic (exact) mass is 536 g/mol. The molecule has 0 bridgehead atoms. The molecule has 0 unspecified atom stereocenters. The highest BCUT2D eigenvalue weighted by Crippen LogP contribution is 2.36. The molecule has 0 radical (unpaired) electrons. The summed E-state index contributed by atoms with van der Waals surface area (Å²) in [6.07, 6.45) is 5.76. The molecule has 8 heteroatoms. The van der Waals surface area contributed by atoms with Crippen molar-refractivity contribution in [2.24, 2.45) is 5.92 Å². The average molecular weight is 537 g/mol. The van der Waals surface area contributed by atoms with Crippen LogP contribution < -0.4 is 14.5 Å². The van der Waals surface area contributed by atoms with Crippen molar-refractivity contribution in [1.82, 2.24) is 14.9 Å². The molecule has 1 aliphatic carbocycles. The van der Waals surface area contributed by atoms with Gasteiger partial charge in [-0.2, -0.15) is 9.97 Å². The third-order valence-electron chi connectivity index (χ3n) is 8.45. The van der Waals surface area contributed by atoms with E-state index in [2.05, 4.69) is 64.5 Å². The fourth-order valence-corrected chi connectivity index (χ4v) is 6.13. The maximum absolute atomic E-state index is 12.5. The predicted molar refractivity (Wildman–Crippen MR) is 158 cm³/mol. The van der Waals surface area contributed by atoms with Crippen molar-refractivity contribution in [1.29, 1.82) is 0 Å². The number of piperazine rings is 1. The molecule has 0 N–H and O–H groups in total. The first kappa shape index (κ1) is 26.1. The molecule has 40 heavy (non-hydrogen) atoms. The Morgan fingerprint density at radius 3 is 2.75 bits per heavy atom. The van der Waals surface area contributed by atoms with Gasteiger partial charge in [0, 0.05) is 42.8 Å². The van der Waals surface area contributed by atoms with Crippen LogP contribution in [0.5, 0.6) is 6.01 Å². The summed E-state index contributed by atoms with van der Waals surface area (Å²) in [5, 5.41) is 2.53. The van der Waals surface area contributed by atoms with Gasteiger partial charge in [0.25, 0.3) is 0 Å². The van der Waals surface area contributed by atoms with Gasteiger partial charge in [0.2, 0.25) is 12.5 Å². The third kappa shape index (κ3) is 5.21. The van der Waals surface area contributed by atoms with Gasteiger partial charge >= 0.3 is 6.01 Å². The molecule has 3 heterocycles. The van der Waals surface area contributed by atoms with Gasteiger partial charge in [0.05, 0.1) is 18.8 Å². The summed E-state index contributed by atoms with van der Waals surface area (Å²) in [5.74, 6) is 1.54. The summed E-state index contributed by atoms with van der Waals surface area (Å²) in [5.41, 5.74) is 4.64. The number of rotatable bonds is 8. The van der Waals surface area contributed by atoms with Gasteiger partial charge in [0.15, 0.2) is 0 Å². The van der Waals surface area contributed by atoms with Gasteiger partial charge in [-0.25, -0.2) is 6.57 Å². The second kappa shape index (κ2) is 11.2. The molecular weight excluding hydrogens is 500 g/mol. The molecule has 206 valence electrons. The molecule has 2 aromatic carbocycles. The number of hydrogen-bond acceptors (Lipinski definition) is 6. The number of aryl methyl sites for hydroxylation is 1. The van der Waals surface area contributed by atoms with Gasteiger partial charge in [-0.15, -0.1) is 0 Å². The third-order valence-corrected chi connectivity index (χ3v) is 8.45. The van der Waals surface area contributed by atoms with E-state index in [0.717, 1.165) is 42.4 Å². The molecule has 6 rings (SSSR count). The summed E-state index contributed by atoms with van der Waals surface area (Å²) >= 11 is 0. The van der Waals surface area contributed by atoms with E-state index in [1.54, 1.807) is 4.90 Å². The topological polar surface area (TPSA) is 66.2 Å². The number of fused-ring (bicyclic) bond motifs is 2. The zero-order chi connectivity index (χ0) is 27.6. The minimum Gasteiger partial charge on any atom is -0.463 e. The van der Waals surface area contributed by atoms with Crippen LogP contribution in [0.4, 0.5) is 11.5 Å². The van der Waals surface area contributed by atoms with E-state index in [1.807, 2.05) is 0 Å². The number of amides is 1. The van der Waals surface area contributed by atoms with Crippen LogP contribution in [0.25, 0.3) is 15.6 Å². The van der Waals surface area contributed by atoms with Crippen molar-refractivity contribution in [3.63, 3.8) is 0 Å². The van der Waals surface area contributed by atoms with Crippen LogP contribution in [-0.2, 0) is 17.8 Å². The SMILES string of the molecule is [C-]#[N+]C[C@H]1CN(c2nc(OCCC3CC3)nc3c2CCN(c2cccc4cccc(C)c24)C3)CCN1C(=O)C=C. The van der Waals surface area contributed by atoms with Gasteiger partial charge in [-0.3, -0.25) is 4.79 Å². The number of aromatic nitrogens is 2. The van der Waals surface area contributed by atoms with Crippen molar-refractivity contribution < 1.29 is 9.53 Å². The molecule has 8 nitrogen and oxygen atoms in total. The van der Waals surface area contributed by atoms with Crippen LogP contribution >= 0.6 is 0 Å². The lowest BCUT2D eigenvalue weighted by molar-refractivity contribution is -0.128. The number of ether oxygens (including phenoxy) is 1. The summed E-state index contributed by atoms with van der Waals surface area (Å²) in [4.78, 5) is 32.4. The maximum Gasteiger partial charge on any atom is 0.318 e. The van der Waals surface area contributed by atoms with E-state index >= 15 is 0 Å². The van der Waals surface area contributed by atoms with Crippen LogP contribution in [0.1, 0.15) is 36.1 Å². The Hall–Kier alpha value is -4.12. The lowest BCUT2D eigenvalue weighted by Crippen LogP contribution is -2.56. The maximum atomic E-state index is 12.5. The first-order valence-corrected chi connectivity index (χ1v) is 14.3. The van der Waals surface area contributed by atoms with E-state index in [9.17, 15) is 4.79 Å². The molecule has 1 saturated heterocycles. The van der Waals surface area contributed by atoms with E-state index in [4.69, 9.17) is 21.3 Å². The van der Waals surface area contributed by atoms with Crippen LogP contribution in [0, 0.1) is 19.4 Å². The summed E-state index contributed by atoms with van der Waals surface area (Å²) in [6.45, 7) is 17.4. The number of hydrogen-bond donors (Lipinski definition) is 0. The normalized spacial score (nSPS) is 18.8. The zero-order valence-corrected chi connectivity index (χ0v) is 23.2. The molecule has 3 aromatic rings. The van der Waals surface area contributed by atoms with Crippen LogP contribution in [0.15, 0.2) is 49.1 Å². The minimum atomic E-state index is -0.208. The van der Waals surface area contributed by atoms with E-state index in [0.29, 0.717) is 38.8 Å². The summed E-state index contributed by atoms with van der Waals surface area (Å²) in [6, 6.07) is 13.2. The first-order chi connectivity index (χ1) is 19.6. The number of benzene rings is 2. The Labute approximate surface area is 236 Å². The number of anilines is 2. The van der Waals surface area contributed by atoms with Crippen molar-refractivity contribution in [3.8, 4) is 6.01 Å². The highest BCUT2D eigenvalue weighted by atomic mass is 16.5. The van der Waals surface area contributed by atoms with E-state index in [-0.39, 0.29) is 18.5 Å². The van der Waals surface area contributed by atoms with E-state index in [1.165, 1.54) is 40.9 Å².